The van der Waals surface area contributed by atoms with E-state index in [1.54, 1.807) is 0 Å². The summed E-state index contributed by atoms with van der Waals surface area (Å²) in [6.45, 7) is -0.591. The maximum Gasteiger partial charge on any atom is 0.201 e. The Morgan fingerprint density at radius 2 is 2.23 bits per heavy atom. The van der Waals surface area contributed by atoms with Gasteiger partial charge in [-0.15, -0.1) is 0 Å². The van der Waals surface area contributed by atoms with E-state index < -0.39 is 43.4 Å². The average Bonchev–Trinajstić information content (AvgIpc) is 2.29. The van der Waals surface area contributed by atoms with Crippen LogP contribution in [0.3, 0.4) is 0 Å². The number of rotatable bonds is 3. The van der Waals surface area contributed by atoms with Gasteiger partial charge in [-0.25, -0.2) is 0 Å². The van der Waals surface area contributed by atoms with Crippen LogP contribution in [0.1, 0.15) is 7.79 Å². The van der Waals surface area contributed by atoms with Gasteiger partial charge in [0.2, 0.25) is 5.79 Å². The molecule has 4 atom stereocenters. The zero-order valence-corrected chi connectivity index (χ0v) is 6.75. The van der Waals surface area contributed by atoms with Crippen molar-refractivity contribution < 1.29 is 31.3 Å². The summed E-state index contributed by atoms with van der Waals surface area (Å²) in [5.74, 6) is -2.27. The fourth-order valence-electron chi connectivity index (χ4n) is 1.27. The normalized spacial score (nSPS) is 46.2. The van der Waals surface area contributed by atoms with Crippen LogP contribution in [0.25, 0.3) is 0 Å². The van der Waals surface area contributed by atoms with Gasteiger partial charge in [-0.2, -0.15) is 0 Å². The molecule has 0 bridgehead atoms. The van der Waals surface area contributed by atoms with E-state index in [0.717, 1.165) is 0 Å². The lowest BCUT2D eigenvalue weighted by Gasteiger charge is -2.23. The van der Waals surface area contributed by atoms with Crippen LogP contribution in [0.2, 0.25) is 0 Å². The molecule has 0 spiro atoms. The summed E-state index contributed by atoms with van der Waals surface area (Å²) in [7, 11) is 0. The topological polar surface area (TPSA) is 107 Å². The third kappa shape index (κ3) is 1.72. The second kappa shape index (κ2) is 3.69. The number of carbonyl (C=O) groups excluding carboxylic acids is 1. The van der Waals surface area contributed by atoms with Gasteiger partial charge in [0.15, 0.2) is 0 Å². The number of hydrogen-bond donors (Lipinski definition) is 4. The maximum absolute atomic E-state index is 10.4. The number of aliphatic hydroxyl groups excluding tert-OH is 3. The first-order chi connectivity index (χ1) is 6.40. The minimum atomic E-state index is -2.27. The molecule has 1 saturated heterocycles. The first-order valence-electron chi connectivity index (χ1n) is 4.27. The van der Waals surface area contributed by atoms with Gasteiger partial charge in [-0.1, -0.05) is 0 Å². The molecule has 0 aliphatic carbocycles. The second-order valence-electron chi connectivity index (χ2n) is 2.94. The van der Waals surface area contributed by atoms with Crippen molar-refractivity contribution in [1.82, 2.24) is 0 Å². The molecule has 0 radical (unpaired) electrons. The van der Waals surface area contributed by atoms with E-state index >= 15 is 0 Å². The minimum absolute atomic E-state index is 0.591. The molecule has 0 aromatic carbocycles. The van der Waals surface area contributed by atoms with Gasteiger partial charge >= 0.3 is 0 Å². The highest BCUT2D eigenvalue weighted by molar-refractivity contribution is 5.51. The van der Waals surface area contributed by atoms with Crippen LogP contribution in [-0.4, -0.2) is 57.4 Å². The molecule has 1 heterocycles. The molecule has 76 valence electrons. The Kier molecular flexibility index (Phi) is 2.56. The Labute approximate surface area is 75.8 Å². The van der Waals surface area contributed by atoms with Gasteiger partial charge in [0.1, 0.15) is 25.9 Å². The van der Waals surface area contributed by atoms with Gasteiger partial charge in [-0.3, -0.25) is 0 Å². The summed E-state index contributed by atoms with van der Waals surface area (Å²) < 4.78 is 11.3. The lowest BCUT2D eigenvalue weighted by Crippen LogP contribution is -2.43. The number of aldehydes is 1. The Bertz CT molecular complexity index is 234. The Balaban J connectivity index is 2.76. The van der Waals surface area contributed by atoms with Gasteiger partial charge in [0, 0.05) is 0 Å². The molecule has 1 aliphatic rings. The van der Waals surface area contributed by atoms with Crippen molar-refractivity contribution in [3.63, 3.8) is 0 Å². The first kappa shape index (κ1) is 9.04. The molecule has 1 unspecified atom stereocenters. The Hall–Kier alpha value is -0.530. The minimum Gasteiger partial charge on any atom is -0.394 e. The monoisotopic (exact) mass is 193 g/mol. The van der Waals surface area contributed by atoms with Crippen molar-refractivity contribution >= 4 is 6.26 Å². The second-order valence-corrected chi connectivity index (χ2v) is 2.94. The van der Waals surface area contributed by atoms with Crippen molar-refractivity contribution in [2.75, 3.05) is 6.61 Å². The molecule has 0 saturated carbocycles. The van der Waals surface area contributed by atoms with E-state index in [1.165, 1.54) is 0 Å². The van der Waals surface area contributed by atoms with Crippen LogP contribution in [0.15, 0.2) is 0 Å². The summed E-state index contributed by atoms with van der Waals surface area (Å²) in [5, 5.41) is 36.7. The van der Waals surface area contributed by atoms with Crippen LogP contribution in [0.4, 0.5) is 0 Å². The largest absolute Gasteiger partial charge is 0.394 e. The Morgan fingerprint density at radius 1 is 1.62 bits per heavy atom. The lowest BCUT2D eigenvalue weighted by atomic mass is 10.0. The van der Waals surface area contributed by atoms with Crippen LogP contribution >= 0.6 is 0 Å². The van der Waals surface area contributed by atoms with Crippen molar-refractivity contribution in [2.45, 2.75) is 30.5 Å². The molecule has 4 N–H and O–H groups in total. The van der Waals surface area contributed by atoms with Crippen LogP contribution in [-0.2, 0) is 9.53 Å². The van der Waals surface area contributed by atoms with E-state index in [4.69, 9.17) is 11.2 Å². The average molecular weight is 193 g/mol. The molecule has 1 rings (SSSR count). The molecule has 0 amide bonds. The highest BCUT2D eigenvalue weighted by Gasteiger charge is 2.52. The van der Waals surface area contributed by atoms with E-state index in [9.17, 15) is 20.1 Å². The van der Waals surface area contributed by atoms with Crippen LogP contribution in [0, 0.1) is 0 Å². The number of aliphatic hydroxyl groups is 4. The summed E-state index contributed by atoms with van der Waals surface area (Å²) in [4.78, 5) is 10.4. The van der Waals surface area contributed by atoms with Crippen molar-refractivity contribution in [2.24, 2.45) is 0 Å². The third-order valence-electron chi connectivity index (χ3n) is 2.03. The number of ether oxygens (including phenoxy) is 1. The van der Waals surface area contributed by atoms with Crippen molar-refractivity contribution in [3.05, 3.63) is 0 Å². The summed E-state index contributed by atoms with van der Waals surface area (Å²) in [5.41, 5.74) is 0. The van der Waals surface area contributed by atoms with E-state index in [2.05, 4.69) is 0 Å². The summed E-state index contributed by atoms with van der Waals surface area (Å²) in [6.07, 6.45) is -6.19. The van der Waals surface area contributed by atoms with Crippen LogP contribution in [0.5, 0.6) is 0 Å². The quantitative estimate of drug-likeness (QED) is 0.365. The molecule has 6 heteroatoms. The molecular weight excluding hydrogens is 180 g/mol. The van der Waals surface area contributed by atoms with E-state index in [1.807, 2.05) is 0 Å². The predicted octanol–water partition coefficient (Wildman–Crippen LogP) is -2.62. The van der Waals surface area contributed by atoms with Gasteiger partial charge in [-0.05, 0) is 0 Å². The van der Waals surface area contributed by atoms with Gasteiger partial charge in [0.25, 0.3) is 0 Å². The number of hydrogen-bond acceptors (Lipinski definition) is 6. The fraction of sp³-hybridized carbons (Fsp3) is 0.857. The zero-order chi connectivity index (χ0) is 10.9. The predicted molar refractivity (Wildman–Crippen MR) is 39.6 cm³/mol. The molecule has 1 aliphatic heterocycles. The fourth-order valence-corrected chi connectivity index (χ4v) is 1.27. The molecule has 6 nitrogen and oxygen atoms in total. The summed E-state index contributed by atoms with van der Waals surface area (Å²) >= 11 is 0. The van der Waals surface area contributed by atoms with Crippen LogP contribution < -0.4 is 0 Å². The summed E-state index contributed by atoms with van der Waals surface area (Å²) in [6, 6.07) is 0. The standard InChI is InChI=1S/C7H12O6/c8-2-1-7(12)6(11)5(10)4(3-9)13-7/h2,4-6,9-12H,1,3H2/t4-,5-,6-,7?/m1/s1/i2D. The lowest BCUT2D eigenvalue weighted by molar-refractivity contribution is -0.229. The van der Waals surface area contributed by atoms with E-state index in [-0.39, 0.29) is 0 Å². The van der Waals surface area contributed by atoms with Gasteiger partial charge in [0.05, 0.1) is 13.0 Å². The molecule has 1 fully saturated rings. The SMILES string of the molecule is [2H]C(=O)CC1(O)O[C@H](CO)[C@@H](O)[C@H]1O. The highest BCUT2D eigenvalue weighted by atomic mass is 16.7. The van der Waals surface area contributed by atoms with Crippen molar-refractivity contribution in [3.8, 4) is 0 Å². The molecule has 0 aromatic heterocycles. The third-order valence-corrected chi connectivity index (χ3v) is 2.03. The molecule has 0 aromatic rings. The molecule has 13 heavy (non-hydrogen) atoms. The highest BCUT2D eigenvalue weighted by Crippen LogP contribution is 2.30. The van der Waals surface area contributed by atoms with Gasteiger partial charge < -0.3 is 30.0 Å². The first-order valence-corrected chi connectivity index (χ1v) is 3.77. The maximum atomic E-state index is 10.4. The van der Waals surface area contributed by atoms with E-state index in [0.29, 0.717) is 0 Å². The zero-order valence-electron chi connectivity index (χ0n) is 7.75. The number of carbonyl (C=O) groups is 1. The molecular formula is C7H12O6. The Morgan fingerprint density at radius 3 is 2.62 bits per heavy atom. The van der Waals surface area contributed by atoms with Crippen molar-refractivity contribution in [1.29, 1.82) is 0 Å². The smallest absolute Gasteiger partial charge is 0.201 e.